The average molecular weight is 185 g/mol. The highest BCUT2D eigenvalue weighted by Crippen LogP contribution is 2.22. The fourth-order valence-electron chi connectivity index (χ4n) is 1.59. The van der Waals surface area contributed by atoms with Crippen LogP contribution in [0.5, 0.6) is 0 Å². The van der Waals surface area contributed by atoms with Crippen molar-refractivity contribution in [1.29, 1.82) is 0 Å². The summed E-state index contributed by atoms with van der Waals surface area (Å²) in [5, 5.41) is 8.73. The minimum absolute atomic E-state index is 0.0262. The van der Waals surface area contributed by atoms with Gasteiger partial charge in [0.15, 0.2) is 0 Å². The van der Waals surface area contributed by atoms with Gasteiger partial charge in [-0.1, -0.05) is 13.3 Å². The minimum atomic E-state index is -0.926. The molecule has 1 heterocycles. The summed E-state index contributed by atoms with van der Waals surface area (Å²) in [5.41, 5.74) is 0. The largest absolute Gasteiger partial charge is 0.480 e. The molecular formula is C9H15NO3. The molecule has 1 fully saturated rings. The molecule has 1 amide bonds. The van der Waals surface area contributed by atoms with E-state index in [1.807, 2.05) is 6.92 Å². The van der Waals surface area contributed by atoms with Gasteiger partial charge in [0.2, 0.25) is 5.91 Å². The van der Waals surface area contributed by atoms with Crippen LogP contribution in [0.1, 0.15) is 26.7 Å². The Morgan fingerprint density at radius 1 is 1.77 bits per heavy atom. The third kappa shape index (κ3) is 1.99. The molecule has 2 atom stereocenters. The lowest BCUT2D eigenvalue weighted by Crippen LogP contribution is -2.39. The second kappa shape index (κ2) is 3.77. The first kappa shape index (κ1) is 10.0. The Labute approximate surface area is 77.5 Å². The van der Waals surface area contributed by atoms with Crippen molar-refractivity contribution in [3.63, 3.8) is 0 Å². The molecule has 4 heteroatoms. The predicted octanol–water partition coefficient (Wildman–Crippen LogP) is 0.718. The Hall–Kier alpha value is -1.06. The number of carbonyl (C=O) groups excluding carboxylic acids is 1. The minimum Gasteiger partial charge on any atom is -0.480 e. The lowest BCUT2D eigenvalue weighted by Gasteiger charge is -2.20. The molecule has 0 spiro atoms. The molecule has 1 rings (SSSR count). The number of amides is 1. The highest BCUT2D eigenvalue weighted by atomic mass is 16.4. The molecule has 0 bridgehead atoms. The number of rotatable bonds is 3. The zero-order valence-corrected chi connectivity index (χ0v) is 7.99. The lowest BCUT2D eigenvalue weighted by molar-refractivity contribution is -0.147. The van der Waals surface area contributed by atoms with E-state index in [1.54, 1.807) is 6.92 Å². The molecule has 13 heavy (non-hydrogen) atoms. The third-order valence-electron chi connectivity index (χ3n) is 2.64. The van der Waals surface area contributed by atoms with E-state index in [2.05, 4.69) is 0 Å². The van der Waals surface area contributed by atoms with E-state index in [0.29, 0.717) is 18.9 Å². The molecular weight excluding hydrogens is 170 g/mol. The van der Waals surface area contributed by atoms with Gasteiger partial charge in [-0.2, -0.15) is 0 Å². The summed E-state index contributed by atoms with van der Waals surface area (Å²) < 4.78 is 0. The summed E-state index contributed by atoms with van der Waals surface area (Å²) >= 11 is 0. The number of hydrogen-bond donors (Lipinski definition) is 1. The van der Waals surface area contributed by atoms with Gasteiger partial charge in [0.05, 0.1) is 0 Å². The highest BCUT2D eigenvalue weighted by Gasteiger charge is 2.34. The quantitative estimate of drug-likeness (QED) is 0.704. The summed E-state index contributed by atoms with van der Waals surface area (Å²) in [5.74, 6) is -0.610. The molecule has 0 aliphatic carbocycles. The van der Waals surface area contributed by atoms with Crippen LogP contribution < -0.4 is 0 Å². The molecule has 0 saturated carbocycles. The van der Waals surface area contributed by atoms with E-state index in [0.717, 1.165) is 6.42 Å². The molecule has 0 aromatic rings. The Balaban J connectivity index is 2.62. The second-order valence-electron chi connectivity index (χ2n) is 3.54. The molecule has 1 aliphatic heterocycles. The smallest absolute Gasteiger partial charge is 0.326 e. The molecule has 1 aliphatic rings. The first-order valence-corrected chi connectivity index (χ1v) is 4.58. The van der Waals surface area contributed by atoms with Crippen molar-refractivity contribution in [2.45, 2.75) is 32.7 Å². The summed E-state index contributed by atoms with van der Waals surface area (Å²) in [6.07, 6.45) is 1.45. The summed E-state index contributed by atoms with van der Waals surface area (Å²) in [7, 11) is 0. The maximum Gasteiger partial charge on any atom is 0.326 e. The van der Waals surface area contributed by atoms with Crippen LogP contribution in [0, 0.1) is 5.92 Å². The van der Waals surface area contributed by atoms with Crippen molar-refractivity contribution in [3.05, 3.63) is 0 Å². The Morgan fingerprint density at radius 3 is 2.77 bits per heavy atom. The Kier molecular flexibility index (Phi) is 2.90. The van der Waals surface area contributed by atoms with Crippen molar-refractivity contribution in [1.82, 2.24) is 4.90 Å². The van der Waals surface area contributed by atoms with Crippen molar-refractivity contribution < 1.29 is 14.7 Å². The van der Waals surface area contributed by atoms with E-state index in [4.69, 9.17) is 5.11 Å². The second-order valence-corrected chi connectivity index (χ2v) is 3.54. The number of likely N-dealkylation sites (tertiary alicyclic amines) is 1. The van der Waals surface area contributed by atoms with Crippen LogP contribution in [-0.4, -0.2) is 34.5 Å². The van der Waals surface area contributed by atoms with Crippen LogP contribution in [-0.2, 0) is 9.59 Å². The maximum absolute atomic E-state index is 11.4. The summed E-state index contributed by atoms with van der Waals surface area (Å²) in [4.78, 5) is 23.4. The van der Waals surface area contributed by atoms with Crippen LogP contribution in [0.4, 0.5) is 0 Å². The molecule has 2 unspecified atom stereocenters. The van der Waals surface area contributed by atoms with Crippen LogP contribution in [0.3, 0.4) is 0 Å². The number of carboxylic acid groups (broad SMARTS) is 1. The number of nitrogens with zero attached hydrogens (tertiary/aromatic N) is 1. The topological polar surface area (TPSA) is 57.6 Å². The van der Waals surface area contributed by atoms with E-state index >= 15 is 0 Å². The zero-order valence-electron chi connectivity index (χ0n) is 7.99. The van der Waals surface area contributed by atoms with Gasteiger partial charge in [0.1, 0.15) is 6.04 Å². The molecule has 4 nitrogen and oxygen atoms in total. The van der Waals surface area contributed by atoms with E-state index < -0.39 is 12.0 Å². The zero-order chi connectivity index (χ0) is 10.0. The summed E-state index contributed by atoms with van der Waals surface area (Å²) in [6.45, 7) is 4.17. The van der Waals surface area contributed by atoms with Gasteiger partial charge in [-0.25, -0.2) is 4.79 Å². The summed E-state index contributed by atoms with van der Waals surface area (Å²) in [6, 6.07) is -0.677. The maximum atomic E-state index is 11.4. The number of hydrogen-bond acceptors (Lipinski definition) is 2. The SMILES string of the molecule is CCC1CC(=O)N(C(C)C(=O)O)C1. The molecule has 1 N–H and O–H groups in total. The van der Waals surface area contributed by atoms with E-state index in [-0.39, 0.29) is 5.91 Å². The average Bonchev–Trinajstić information content (AvgIpc) is 2.45. The van der Waals surface area contributed by atoms with Crippen molar-refractivity contribution >= 4 is 11.9 Å². The van der Waals surface area contributed by atoms with Gasteiger partial charge in [-0.05, 0) is 12.8 Å². The molecule has 0 aromatic carbocycles. The third-order valence-corrected chi connectivity index (χ3v) is 2.64. The first-order valence-electron chi connectivity index (χ1n) is 4.58. The predicted molar refractivity (Wildman–Crippen MR) is 47.2 cm³/mol. The van der Waals surface area contributed by atoms with Crippen LogP contribution in [0.2, 0.25) is 0 Å². The van der Waals surface area contributed by atoms with Gasteiger partial charge >= 0.3 is 5.97 Å². The van der Waals surface area contributed by atoms with Gasteiger partial charge in [-0.3, -0.25) is 4.79 Å². The van der Waals surface area contributed by atoms with Crippen LogP contribution in [0.15, 0.2) is 0 Å². The van der Waals surface area contributed by atoms with Crippen LogP contribution >= 0.6 is 0 Å². The fourth-order valence-corrected chi connectivity index (χ4v) is 1.59. The highest BCUT2D eigenvalue weighted by molar-refractivity contribution is 5.84. The Morgan fingerprint density at radius 2 is 2.38 bits per heavy atom. The van der Waals surface area contributed by atoms with Crippen molar-refractivity contribution in [2.75, 3.05) is 6.54 Å². The molecule has 0 radical (unpaired) electrons. The molecule has 74 valence electrons. The van der Waals surface area contributed by atoms with E-state index in [9.17, 15) is 9.59 Å². The van der Waals surface area contributed by atoms with E-state index in [1.165, 1.54) is 4.90 Å². The molecule has 1 saturated heterocycles. The normalized spacial score (nSPS) is 24.9. The standard InChI is InChI=1S/C9H15NO3/c1-3-7-4-8(11)10(5-7)6(2)9(12)13/h6-7H,3-5H2,1-2H3,(H,12,13). The van der Waals surface area contributed by atoms with Gasteiger partial charge in [0, 0.05) is 13.0 Å². The van der Waals surface area contributed by atoms with Gasteiger partial charge in [0.25, 0.3) is 0 Å². The molecule has 0 aromatic heterocycles. The van der Waals surface area contributed by atoms with Crippen molar-refractivity contribution in [3.8, 4) is 0 Å². The number of carbonyl (C=O) groups is 2. The number of carboxylic acids is 1. The first-order chi connectivity index (χ1) is 6.06. The Bertz CT molecular complexity index is 227. The lowest BCUT2D eigenvalue weighted by atomic mass is 10.1. The van der Waals surface area contributed by atoms with Gasteiger partial charge < -0.3 is 10.0 Å². The fraction of sp³-hybridized carbons (Fsp3) is 0.778. The van der Waals surface area contributed by atoms with Gasteiger partial charge in [-0.15, -0.1) is 0 Å². The monoisotopic (exact) mass is 185 g/mol. The van der Waals surface area contributed by atoms with Crippen LogP contribution in [0.25, 0.3) is 0 Å². The van der Waals surface area contributed by atoms with Crippen molar-refractivity contribution in [2.24, 2.45) is 5.92 Å². The number of aliphatic carboxylic acids is 1.